The van der Waals surface area contributed by atoms with Gasteiger partial charge in [-0.05, 0) is 40.9 Å². The van der Waals surface area contributed by atoms with Gasteiger partial charge in [-0.15, -0.1) is 11.3 Å². The number of piperidine rings is 1. The number of sulfonamides is 1. The molecule has 13 heteroatoms. The molecule has 0 bridgehead atoms. The van der Waals surface area contributed by atoms with Crippen molar-refractivity contribution in [2.45, 2.75) is 23.8 Å². The summed E-state index contributed by atoms with van der Waals surface area (Å²) in [6.07, 6.45) is 2.92. The lowest BCUT2D eigenvalue weighted by molar-refractivity contribution is 0.329. The highest BCUT2D eigenvalue weighted by atomic mass is 79.9. The van der Waals surface area contributed by atoms with Gasteiger partial charge in [-0.1, -0.05) is 53.0 Å². The van der Waals surface area contributed by atoms with Crippen LogP contribution in [-0.4, -0.2) is 46.5 Å². The summed E-state index contributed by atoms with van der Waals surface area (Å²) in [6.45, 7) is 0.719. The van der Waals surface area contributed by atoms with Gasteiger partial charge in [-0.3, -0.25) is 0 Å². The fourth-order valence-corrected chi connectivity index (χ4v) is 8.10. The molecule has 5 rings (SSSR count). The molecule has 0 radical (unpaired) electrons. The van der Waals surface area contributed by atoms with Crippen LogP contribution < -0.4 is 5.32 Å². The minimum absolute atomic E-state index is 0.0423. The molecule has 178 valence electrons. The van der Waals surface area contributed by atoms with E-state index in [1.807, 2.05) is 30.3 Å². The van der Waals surface area contributed by atoms with E-state index >= 15 is 0 Å². The summed E-state index contributed by atoms with van der Waals surface area (Å²) >= 11 is 23.0. The molecule has 0 atom stereocenters. The first kappa shape index (κ1) is 24.3. The van der Waals surface area contributed by atoms with Gasteiger partial charge in [0.2, 0.25) is 10.0 Å². The maximum absolute atomic E-state index is 13.0. The molecule has 4 aromatic rings. The fraction of sp³-hybridized carbons (Fsp3) is 0.238. The summed E-state index contributed by atoms with van der Waals surface area (Å²) in [5.74, 6) is 0.750. The van der Waals surface area contributed by atoms with Crippen LogP contribution in [-0.2, 0) is 10.0 Å². The Labute approximate surface area is 223 Å². The zero-order valence-electron chi connectivity index (χ0n) is 17.4. The summed E-state index contributed by atoms with van der Waals surface area (Å²) in [6, 6.07) is 10.9. The van der Waals surface area contributed by atoms with Crippen molar-refractivity contribution in [1.82, 2.24) is 18.9 Å². The van der Waals surface area contributed by atoms with E-state index in [4.69, 9.17) is 39.8 Å². The number of aromatic nitrogens is 3. The summed E-state index contributed by atoms with van der Waals surface area (Å²) in [4.78, 5) is 4.79. The number of nitrogens with zero attached hydrogens (tertiary/aromatic N) is 4. The number of hydrogen-bond acceptors (Lipinski definition) is 6. The number of benzene rings is 1. The number of anilines is 1. The van der Waals surface area contributed by atoms with Crippen molar-refractivity contribution < 1.29 is 8.42 Å². The fourth-order valence-electron chi connectivity index (χ4n) is 3.94. The van der Waals surface area contributed by atoms with Crippen molar-refractivity contribution in [2.75, 3.05) is 18.4 Å². The minimum atomic E-state index is -3.70. The first-order valence-corrected chi connectivity index (χ1v) is 14.4. The zero-order valence-corrected chi connectivity index (χ0v) is 22.9. The summed E-state index contributed by atoms with van der Waals surface area (Å²) in [5.41, 5.74) is 2.18. The van der Waals surface area contributed by atoms with Gasteiger partial charge in [0, 0.05) is 35.8 Å². The Morgan fingerprint density at radius 3 is 2.53 bits per heavy atom. The number of halogens is 4. The lowest BCUT2D eigenvalue weighted by atomic mass is 10.1. The van der Waals surface area contributed by atoms with E-state index in [1.165, 1.54) is 10.4 Å². The van der Waals surface area contributed by atoms with Crippen LogP contribution in [0.25, 0.3) is 16.9 Å². The molecule has 3 aromatic heterocycles. The molecule has 1 aliphatic rings. The Kier molecular flexibility index (Phi) is 6.84. The average molecular weight is 622 g/mol. The van der Waals surface area contributed by atoms with Crippen molar-refractivity contribution in [2.24, 2.45) is 0 Å². The highest BCUT2D eigenvalue weighted by molar-refractivity contribution is 9.10. The molecule has 4 heterocycles. The molecule has 1 N–H and O–H groups in total. The van der Waals surface area contributed by atoms with Crippen molar-refractivity contribution in [3.63, 3.8) is 0 Å². The van der Waals surface area contributed by atoms with Crippen molar-refractivity contribution in [3.8, 4) is 11.3 Å². The average Bonchev–Trinajstić information content (AvgIpc) is 3.36. The van der Waals surface area contributed by atoms with Crippen molar-refractivity contribution >= 4 is 83.6 Å². The van der Waals surface area contributed by atoms with E-state index in [1.54, 1.807) is 10.7 Å². The van der Waals surface area contributed by atoms with E-state index in [0.29, 0.717) is 46.6 Å². The second-order valence-corrected chi connectivity index (χ2v) is 13.2. The molecule has 34 heavy (non-hydrogen) atoms. The third kappa shape index (κ3) is 4.57. The van der Waals surface area contributed by atoms with Crippen LogP contribution in [0.1, 0.15) is 12.8 Å². The molecular weight excluding hydrogens is 605 g/mol. The van der Waals surface area contributed by atoms with Gasteiger partial charge >= 0.3 is 0 Å². The first-order valence-electron chi connectivity index (χ1n) is 10.2. The molecule has 7 nitrogen and oxygen atoms in total. The molecule has 0 amide bonds. The SMILES string of the molecule is O=S(=O)(c1cc(Cl)sc1Cl)N1CCC(Nc2cc(-c3ccccc3Cl)nc3c(Br)cnn23)CC1. The van der Waals surface area contributed by atoms with Gasteiger partial charge in [-0.25, -0.2) is 13.4 Å². The zero-order chi connectivity index (χ0) is 24.0. The molecule has 0 spiro atoms. The van der Waals surface area contributed by atoms with Crippen LogP contribution in [0, 0.1) is 0 Å². The highest BCUT2D eigenvalue weighted by Gasteiger charge is 2.32. The smallest absolute Gasteiger partial charge is 0.245 e. The van der Waals surface area contributed by atoms with Crippen molar-refractivity contribution in [1.29, 1.82) is 0 Å². The largest absolute Gasteiger partial charge is 0.367 e. The molecule has 1 aliphatic heterocycles. The Hall–Kier alpha value is -1.40. The van der Waals surface area contributed by atoms with Crippen LogP contribution in [0.2, 0.25) is 13.7 Å². The van der Waals surface area contributed by atoms with E-state index in [9.17, 15) is 8.42 Å². The number of nitrogens with one attached hydrogen (secondary N) is 1. The molecule has 1 saturated heterocycles. The maximum Gasteiger partial charge on any atom is 0.245 e. The van der Waals surface area contributed by atoms with Crippen LogP contribution in [0.4, 0.5) is 5.82 Å². The number of fused-ring (bicyclic) bond motifs is 1. The quantitative estimate of drug-likeness (QED) is 0.277. The lowest BCUT2D eigenvalue weighted by Crippen LogP contribution is -2.42. The molecule has 0 saturated carbocycles. The van der Waals surface area contributed by atoms with E-state index in [2.05, 4.69) is 26.3 Å². The van der Waals surface area contributed by atoms with E-state index in [-0.39, 0.29) is 15.3 Å². The first-order chi connectivity index (χ1) is 16.2. The summed E-state index contributed by atoms with van der Waals surface area (Å²) < 4.78 is 30.5. The molecule has 0 unspecified atom stereocenters. The standard InChI is InChI=1S/C21H17BrCl3N5O2S2/c22-14-11-26-30-19(9-16(28-21(14)30)13-3-1-2-4-15(13)23)27-12-5-7-29(8-6-12)34(31,32)17-10-18(24)33-20(17)25/h1-4,9-12,27H,5-8H2. The second kappa shape index (κ2) is 9.57. The predicted molar refractivity (Wildman–Crippen MR) is 141 cm³/mol. The molecule has 1 aromatic carbocycles. The summed E-state index contributed by atoms with van der Waals surface area (Å²) in [5, 5.41) is 8.55. The number of thiophene rings is 1. The Bertz CT molecular complexity index is 1480. The highest BCUT2D eigenvalue weighted by Crippen LogP contribution is 2.37. The molecule has 1 fully saturated rings. The van der Waals surface area contributed by atoms with E-state index < -0.39 is 10.0 Å². The summed E-state index contributed by atoms with van der Waals surface area (Å²) in [7, 11) is -3.70. The van der Waals surface area contributed by atoms with Crippen molar-refractivity contribution in [3.05, 3.63) is 60.8 Å². The predicted octanol–water partition coefficient (Wildman–Crippen LogP) is 6.45. The van der Waals surface area contributed by atoms with Gasteiger partial charge in [0.15, 0.2) is 5.65 Å². The van der Waals surface area contributed by atoms with Crippen LogP contribution in [0.3, 0.4) is 0 Å². The third-order valence-corrected chi connectivity index (χ3v) is 10.2. The monoisotopic (exact) mass is 619 g/mol. The van der Waals surface area contributed by atoms with Crippen LogP contribution in [0.5, 0.6) is 0 Å². The van der Waals surface area contributed by atoms with Gasteiger partial charge in [0.05, 0.1) is 20.7 Å². The number of hydrogen-bond donors (Lipinski definition) is 1. The molecular formula is C21H17BrCl3N5O2S2. The van der Waals surface area contributed by atoms with Crippen LogP contribution in [0.15, 0.2) is 52.0 Å². The third-order valence-electron chi connectivity index (χ3n) is 5.63. The Morgan fingerprint density at radius 1 is 1.12 bits per heavy atom. The normalized spacial score (nSPS) is 15.8. The second-order valence-electron chi connectivity index (χ2n) is 7.75. The Morgan fingerprint density at radius 2 is 1.85 bits per heavy atom. The minimum Gasteiger partial charge on any atom is -0.367 e. The Balaban J connectivity index is 1.38. The lowest BCUT2D eigenvalue weighted by Gasteiger charge is -2.32. The van der Waals surface area contributed by atoms with Gasteiger partial charge < -0.3 is 5.32 Å². The number of rotatable bonds is 5. The molecule has 0 aliphatic carbocycles. The van der Waals surface area contributed by atoms with Gasteiger partial charge in [-0.2, -0.15) is 13.9 Å². The van der Waals surface area contributed by atoms with Gasteiger partial charge in [0.25, 0.3) is 0 Å². The van der Waals surface area contributed by atoms with Crippen LogP contribution >= 0.6 is 62.1 Å². The van der Waals surface area contributed by atoms with E-state index in [0.717, 1.165) is 27.2 Å². The van der Waals surface area contributed by atoms with Gasteiger partial charge in [0.1, 0.15) is 15.0 Å². The maximum atomic E-state index is 13.0. The topological polar surface area (TPSA) is 79.6 Å².